The molecule has 0 atom stereocenters. The average Bonchev–Trinajstić information content (AvgIpc) is 3.55. The van der Waals surface area contributed by atoms with Gasteiger partial charge in [0, 0.05) is 41.6 Å². The second kappa shape index (κ2) is 8.89. The first-order chi connectivity index (χ1) is 17.5. The van der Waals surface area contributed by atoms with Gasteiger partial charge >= 0.3 is 5.76 Å². The van der Waals surface area contributed by atoms with Gasteiger partial charge in [0.15, 0.2) is 5.82 Å². The fraction of sp³-hybridized carbons (Fsp3) is 0.192. The average molecular weight is 505 g/mol. The van der Waals surface area contributed by atoms with Crippen molar-refractivity contribution >= 4 is 33.5 Å². The summed E-state index contributed by atoms with van der Waals surface area (Å²) in [5.74, 6) is 0.555. The molecule has 2 aromatic carbocycles. The Balaban J connectivity index is 1.48. The summed E-state index contributed by atoms with van der Waals surface area (Å²) in [6.45, 7) is 3.12. The van der Waals surface area contributed by atoms with E-state index in [0.717, 1.165) is 39.1 Å². The molecule has 0 spiro atoms. The minimum Gasteiger partial charge on any atom is -0.488 e. The predicted octanol–water partition coefficient (Wildman–Crippen LogP) is 4.98. The number of methoxy groups -OCH3 is 1. The van der Waals surface area contributed by atoms with E-state index in [1.54, 1.807) is 24.5 Å². The molecule has 0 radical (unpaired) electrons. The van der Waals surface area contributed by atoms with E-state index < -0.39 is 11.6 Å². The van der Waals surface area contributed by atoms with E-state index in [1.165, 1.54) is 12.1 Å². The number of allylic oxidation sites excluding steroid dienone is 1. The van der Waals surface area contributed by atoms with E-state index in [1.807, 2.05) is 18.4 Å². The third-order valence-corrected chi connectivity index (χ3v) is 7.01. The number of halogens is 1. The Bertz CT molecular complexity index is 1690. The highest BCUT2D eigenvalue weighted by molar-refractivity contribution is 7.09. The van der Waals surface area contributed by atoms with Crippen molar-refractivity contribution < 1.29 is 18.4 Å². The number of H-pyrrole nitrogens is 1. The molecule has 0 saturated heterocycles. The summed E-state index contributed by atoms with van der Waals surface area (Å²) in [5.41, 5.74) is 7.10. The van der Waals surface area contributed by atoms with E-state index in [0.29, 0.717) is 35.9 Å². The molecule has 6 rings (SSSR count). The first-order valence-electron chi connectivity index (χ1n) is 11.2. The van der Waals surface area contributed by atoms with Crippen LogP contribution in [-0.2, 0) is 24.5 Å². The molecule has 1 aliphatic heterocycles. The zero-order valence-electron chi connectivity index (χ0n) is 19.5. The van der Waals surface area contributed by atoms with Gasteiger partial charge in [-0.3, -0.25) is 9.51 Å². The molecule has 1 N–H and O–H groups in total. The van der Waals surface area contributed by atoms with Gasteiger partial charge in [0.05, 0.1) is 11.0 Å². The van der Waals surface area contributed by atoms with Gasteiger partial charge in [-0.2, -0.15) is 0 Å². The first kappa shape index (κ1) is 22.4. The fourth-order valence-corrected chi connectivity index (χ4v) is 5.40. The van der Waals surface area contributed by atoms with Gasteiger partial charge in [0.1, 0.15) is 30.6 Å². The molecule has 5 aromatic rings. The first-order valence-corrected chi connectivity index (χ1v) is 12.2. The number of aromatic amines is 1. The number of hydrogen-bond acceptors (Lipinski definition) is 7. The number of ether oxygens (including phenoxy) is 2. The summed E-state index contributed by atoms with van der Waals surface area (Å²) in [7, 11) is 1.66. The molecule has 0 aliphatic carbocycles. The summed E-state index contributed by atoms with van der Waals surface area (Å²) in [6, 6.07) is 10.6. The van der Waals surface area contributed by atoms with Crippen LogP contribution in [0.5, 0.6) is 5.75 Å². The van der Waals surface area contributed by atoms with Gasteiger partial charge in [-0.1, -0.05) is 17.3 Å². The van der Waals surface area contributed by atoms with E-state index >= 15 is 0 Å². The van der Waals surface area contributed by atoms with Gasteiger partial charge in [0.25, 0.3) is 0 Å². The molecular weight excluding hydrogens is 483 g/mol. The van der Waals surface area contributed by atoms with Crippen LogP contribution in [0.1, 0.15) is 40.8 Å². The van der Waals surface area contributed by atoms with Crippen LogP contribution in [0.4, 0.5) is 4.39 Å². The van der Waals surface area contributed by atoms with Gasteiger partial charge in [-0.15, -0.1) is 11.3 Å². The van der Waals surface area contributed by atoms with Crippen LogP contribution >= 0.6 is 11.3 Å². The van der Waals surface area contributed by atoms with Crippen LogP contribution in [0.25, 0.3) is 22.2 Å². The Morgan fingerprint density at radius 1 is 1.22 bits per heavy atom. The maximum absolute atomic E-state index is 14.1. The lowest BCUT2D eigenvalue weighted by atomic mass is 9.89. The van der Waals surface area contributed by atoms with Gasteiger partial charge in [-0.25, -0.2) is 14.2 Å². The molecule has 1 aliphatic rings. The SMILES string of the molecule is COCc1nc2cscc2n1Cc1ccc2c(c1)COc1cc(F)ccc1C2=C(C)c1noc(=O)[nH]1. The number of thiophene rings is 1. The van der Waals surface area contributed by atoms with Gasteiger partial charge in [0.2, 0.25) is 0 Å². The Labute approximate surface area is 208 Å². The number of nitrogens with one attached hydrogen (secondary N) is 1. The third kappa shape index (κ3) is 3.84. The zero-order valence-corrected chi connectivity index (χ0v) is 20.3. The van der Waals surface area contributed by atoms with Crippen LogP contribution < -0.4 is 10.5 Å². The molecule has 10 heteroatoms. The highest BCUT2D eigenvalue weighted by Gasteiger charge is 2.24. The number of aromatic nitrogens is 4. The minimum absolute atomic E-state index is 0.258. The van der Waals surface area contributed by atoms with Crippen molar-refractivity contribution in [2.75, 3.05) is 7.11 Å². The topological polar surface area (TPSA) is 95.2 Å². The molecule has 0 unspecified atom stereocenters. The van der Waals surface area contributed by atoms with E-state index in [-0.39, 0.29) is 6.61 Å². The largest absolute Gasteiger partial charge is 0.488 e. The number of rotatable bonds is 5. The second-order valence-corrected chi connectivity index (χ2v) is 9.30. The molecule has 0 bridgehead atoms. The van der Waals surface area contributed by atoms with Crippen molar-refractivity contribution in [3.05, 3.63) is 97.4 Å². The molecule has 0 amide bonds. The molecule has 3 aromatic heterocycles. The highest BCUT2D eigenvalue weighted by atomic mass is 32.1. The van der Waals surface area contributed by atoms with E-state index in [2.05, 4.69) is 32.2 Å². The van der Waals surface area contributed by atoms with Crippen LogP contribution in [0.15, 0.2) is 56.5 Å². The Hall–Kier alpha value is -4.02. The van der Waals surface area contributed by atoms with Crippen molar-refractivity contribution in [1.82, 2.24) is 19.7 Å². The summed E-state index contributed by atoms with van der Waals surface area (Å²) in [5, 5.41) is 7.98. The molecule has 0 saturated carbocycles. The Kier molecular flexibility index (Phi) is 5.54. The molecule has 36 heavy (non-hydrogen) atoms. The highest BCUT2D eigenvalue weighted by Crippen LogP contribution is 2.41. The van der Waals surface area contributed by atoms with Crippen LogP contribution in [-0.4, -0.2) is 26.8 Å². The summed E-state index contributed by atoms with van der Waals surface area (Å²) in [6.07, 6.45) is 0. The lowest BCUT2D eigenvalue weighted by Gasteiger charge is -2.15. The lowest BCUT2D eigenvalue weighted by Crippen LogP contribution is -2.07. The summed E-state index contributed by atoms with van der Waals surface area (Å²) >= 11 is 1.61. The zero-order chi connectivity index (χ0) is 24.8. The normalized spacial score (nSPS) is 14.3. The van der Waals surface area contributed by atoms with Gasteiger partial charge < -0.3 is 14.0 Å². The monoisotopic (exact) mass is 504 g/mol. The summed E-state index contributed by atoms with van der Waals surface area (Å²) < 4.78 is 32.4. The van der Waals surface area contributed by atoms with Crippen molar-refractivity contribution in [2.45, 2.75) is 26.7 Å². The van der Waals surface area contributed by atoms with Crippen LogP contribution in [0.2, 0.25) is 0 Å². The minimum atomic E-state index is -0.642. The Morgan fingerprint density at radius 2 is 2.08 bits per heavy atom. The molecule has 0 fully saturated rings. The summed E-state index contributed by atoms with van der Waals surface area (Å²) in [4.78, 5) is 18.9. The van der Waals surface area contributed by atoms with Crippen molar-refractivity contribution in [2.24, 2.45) is 0 Å². The van der Waals surface area contributed by atoms with Crippen molar-refractivity contribution in [3.8, 4) is 5.75 Å². The van der Waals surface area contributed by atoms with Crippen molar-refractivity contribution in [1.29, 1.82) is 0 Å². The quantitative estimate of drug-likeness (QED) is 0.363. The maximum Gasteiger partial charge on any atom is 0.439 e. The van der Waals surface area contributed by atoms with Gasteiger partial charge in [-0.05, 0) is 47.4 Å². The standard InChI is InChI=1S/C26H21FN4O4S/c1-14(25-29-26(32)35-30-25)24-18-5-3-15(7-16(18)10-34-22-8-17(27)4-6-19(22)24)9-31-21-13-36-12-20(21)28-23(31)11-33-2/h3-8,12-13H,9-11H2,1-2H3,(H,29,30,32). The predicted molar refractivity (Wildman–Crippen MR) is 133 cm³/mol. The molecular formula is C26H21FN4O4S. The maximum atomic E-state index is 14.1. The molecule has 4 heterocycles. The number of hydrogen-bond donors (Lipinski definition) is 1. The third-order valence-electron chi connectivity index (χ3n) is 6.29. The van der Waals surface area contributed by atoms with Crippen LogP contribution in [0.3, 0.4) is 0 Å². The Morgan fingerprint density at radius 3 is 2.89 bits per heavy atom. The van der Waals surface area contributed by atoms with E-state index in [9.17, 15) is 9.18 Å². The smallest absolute Gasteiger partial charge is 0.439 e. The number of benzene rings is 2. The fourth-order valence-electron chi connectivity index (χ4n) is 4.65. The second-order valence-electron chi connectivity index (χ2n) is 8.55. The number of imidazole rings is 1. The lowest BCUT2D eigenvalue weighted by molar-refractivity contribution is 0.175. The van der Waals surface area contributed by atoms with E-state index in [4.69, 9.17) is 19.0 Å². The number of fused-ring (bicyclic) bond motifs is 3. The number of nitrogens with zero attached hydrogens (tertiary/aromatic N) is 3. The molecule has 8 nitrogen and oxygen atoms in total. The molecule has 182 valence electrons. The van der Waals surface area contributed by atoms with Crippen molar-refractivity contribution in [3.63, 3.8) is 0 Å². The van der Waals surface area contributed by atoms with Crippen LogP contribution in [0, 0.1) is 5.82 Å².